The van der Waals surface area contributed by atoms with Gasteiger partial charge in [0, 0.05) is 18.5 Å². The number of carbonyl (C=O) groups excluding carboxylic acids is 1. The van der Waals surface area contributed by atoms with Crippen molar-refractivity contribution in [2.45, 2.75) is 31.7 Å². The molecule has 2 rings (SSSR count). The summed E-state index contributed by atoms with van der Waals surface area (Å²) in [6, 6.07) is 4.29. The molecule has 0 aliphatic heterocycles. The van der Waals surface area contributed by atoms with E-state index in [1.807, 2.05) is 22.4 Å². The highest BCUT2D eigenvalue weighted by Crippen LogP contribution is 2.27. The maximum Gasteiger partial charge on any atom is 0.264 e. The average Bonchev–Trinajstić information content (AvgIpc) is 2.73. The van der Waals surface area contributed by atoms with E-state index in [0.717, 1.165) is 30.7 Å². The maximum atomic E-state index is 12.2. The van der Waals surface area contributed by atoms with E-state index in [-0.39, 0.29) is 5.91 Å². The SMILES string of the molecule is O=C(c1cccs1)N(CCCCl)C1CCC1. The van der Waals surface area contributed by atoms with Crippen molar-refractivity contribution < 1.29 is 4.79 Å². The third-order valence-corrected chi connectivity index (χ3v) is 4.17. The summed E-state index contributed by atoms with van der Waals surface area (Å²) in [5, 5.41) is 1.95. The molecule has 0 aromatic carbocycles. The minimum absolute atomic E-state index is 0.185. The molecule has 1 aromatic heterocycles. The zero-order chi connectivity index (χ0) is 11.4. The van der Waals surface area contributed by atoms with Gasteiger partial charge in [-0.2, -0.15) is 0 Å². The zero-order valence-electron chi connectivity index (χ0n) is 9.19. The highest BCUT2D eigenvalue weighted by Gasteiger charge is 2.29. The van der Waals surface area contributed by atoms with Crippen LogP contribution >= 0.6 is 22.9 Å². The molecule has 1 saturated carbocycles. The Kier molecular flexibility index (Phi) is 4.24. The number of nitrogens with zero attached hydrogens (tertiary/aromatic N) is 1. The summed E-state index contributed by atoms with van der Waals surface area (Å²) < 4.78 is 0. The molecule has 88 valence electrons. The highest BCUT2D eigenvalue weighted by atomic mass is 35.5. The Hall–Kier alpha value is -0.540. The van der Waals surface area contributed by atoms with E-state index >= 15 is 0 Å². The number of thiophene rings is 1. The Labute approximate surface area is 105 Å². The van der Waals surface area contributed by atoms with Gasteiger partial charge in [-0.25, -0.2) is 0 Å². The molecule has 0 atom stereocenters. The second kappa shape index (κ2) is 5.69. The van der Waals surface area contributed by atoms with Crippen molar-refractivity contribution in [1.29, 1.82) is 0 Å². The molecule has 1 aliphatic rings. The molecule has 0 saturated heterocycles. The van der Waals surface area contributed by atoms with Crippen molar-refractivity contribution in [1.82, 2.24) is 4.90 Å². The van der Waals surface area contributed by atoms with E-state index in [9.17, 15) is 4.79 Å². The first-order chi connectivity index (χ1) is 7.83. The van der Waals surface area contributed by atoms with Crippen LogP contribution in [0.2, 0.25) is 0 Å². The summed E-state index contributed by atoms with van der Waals surface area (Å²) in [7, 11) is 0. The van der Waals surface area contributed by atoms with Crippen molar-refractivity contribution >= 4 is 28.8 Å². The van der Waals surface area contributed by atoms with Gasteiger partial charge in [0.05, 0.1) is 4.88 Å². The topological polar surface area (TPSA) is 20.3 Å². The van der Waals surface area contributed by atoms with Crippen LogP contribution in [0, 0.1) is 0 Å². The third kappa shape index (κ3) is 2.58. The van der Waals surface area contributed by atoms with E-state index in [2.05, 4.69) is 0 Å². The molecule has 1 amide bonds. The predicted molar refractivity (Wildman–Crippen MR) is 68.3 cm³/mol. The fraction of sp³-hybridized carbons (Fsp3) is 0.583. The van der Waals surface area contributed by atoms with Gasteiger partial charge in [0.15, 0.2) is 0 Å². The van der Waals surface area contributed by atoms with Crippen LogP contribution in [0.4, 0.5) is 0 Å². The molecule has 1 aromatic rings. The molecule has 4 heteroatoms. The van der Waals surface area contributed by atoms with Gasteiger partial charge in [0.2, 0.25) is 0 Å². The standard InChI is InChI=1S/C12H16ClNOS/c13-7-3-8-14(10-4-1-5-10)12(15)11-6-2-9-16-11/h2,6,9-10H,1,3-5,7-8H2. The summed E-state index contributed by atoms with van der Waals surface area (Å²) in [5.74, 6) is 0.811. The molecule has 16 heavy (non-hydrogen) atoms. The molecule has 0 unspecified atom stereocenters. The van der Waals surface area contributed by atoms with Gasteiger partial charge in [0.1, 0.15) is 0 Å². The van der Waals surface area contributed by atoms with Gasteiger partial charge >= 0.3 is 0 Å². The Morgan fingerprint density at radius 2 is 2.38 bits per heavy atom. The van der Waals surface area contributed by atoms with Crippen molar-refractivity contribution in [2.24, 2.45) is 0 Å². The number of rotatable bonds is 5. The molecule has 1 aliphatic carbocycles. The van der Waals surface area contributed by atoms with Crippen LogP contribution in [0.15, 0.2) is 17.5 Å². The lowest BCUT2D eigenvalue weighted by atomic mass is 9.91. The normalized spacial score (nSPS) is 15.8. The number of hydrogen-bond donors (Lipinski definition) is 0. The van der Waals surface area contributed by atoms with Crippen molar-refractivity contribution in [3.8, 4) is 0 Å². The largest absolute Gasteiger partial charge is 0.335 e. The minimum Gasteiger partial charge on any atom is -0.335 e. The van der Waals surface area contributed by atoms with E-state index in [4.69, 9.17) is 11.6 Å². The first kappa shape index (κ1) is 11.9. The molecule has 2 nitrogen and oxygen atoms in total. The van der Waals surface area contributed by atoms with Crippen molar-refractivity contribution in [2.75, 3.05) is 12.4 Å². The molecular weight excluding hydrogens is 242 g/mol. The van der Waals surface area contributed by atoms with Gasteiger partial charge in [-0.05, 0) is 37.1 Å². The quantitative estimate of drug-likeness (QED) is 0.741. The molecule has 0 bridgehead atoms. The summed E-state index contributed by atoms with van der Waals surface area (Å²) in [6.07, 6.45) is 4.44. The summed E-state index contributed by atoms with van der Waals surface area (Å²) in [4.78, 5) is 15.1. The van der Waals surface area contributed by atoms with Gasteiger partial charge < -0.3 is 4.90 Å². The van der Waals surface area contributed by atoms with E-state index in [1.54, 1.807) is 0 Å². The van der Waals surface area contributed by atoms with Crippen molar-refractivity contribution in [3.05, 3.63) is 22.4 Å². The molecule has 0 N–H and O–H groups in total. The lowest BCUT2D eigenvalue weighted by Gasteiger charge is -2.37. The summed E-state index contributed by atoms with van der Waals surface area (Å²) in [6.45, 7) is 0.797. The summed E-state index contributed by atoms with van der Waals surface area (Å²) in [5.41, 5.74) is 0. The Morgan fingerprint density at radius 1 is 1.56 bits per heavy atom. The lowest BCUT2D eigenvalue weighted by molar-refractivity contribution is 0.0586. The van der Waals surface area contributed by atoms with Crippen LogP contribution in [0.25, 0.3) is 0 Å². The van der Waals surface area contributed by atoms with Gasteiger partial charge in [-0.3, -0.25) is 4.79 Å². The first-order valence-electron chi connectivity index (χ1n) is 5.73. The highest BCUT2D eigenvalue weighted by molar-refractivity contribution is 7.12. The van der Waals surface area contributed by atoms with Crippen LogP contribution < -0.4 is 0 Å². The fourth-order valence-corrected chi connectivity index (χ4v) is 2.72. The number of hydrogen-bond acceptors (Lipinski definition) is 2. The predicted octanol–water partition coefficient (Wildman–Crippen LogP) is 3.37. The monoisotopic (exact) mass is 257 g/mol. The van der Waals surface area contributed by atoms with Gasteiger partial charge in [0.25, 0.3) is 5.91 Å². The smallest absolute Gasteiger partial charge is 0.264 e. The van der Waals surface area contributed by atoms with E-state index in [1.165, 1.54) is 17.8 Å². The average molecular weight is 258 g/mol. The molecular formula is C12H16ClNOS. The fourth-order valence-electron chi connectivity index (χ4n) is 1.92. The van der Waals surface area contributed by atoms with Crippen LogP contribution in [0.1, 0.15) is 35.4 Å². The molecule has 0 radical (unpaired) electrons. The van der Waals surface area contributed by atoms with Crippen molar-refractivity contribution in [3.63, 3.8) is 0 Å². The van der Waals surface area contributed by atoms with E-state index < -0.39 is 0 Å². The molecule has 0 spiro atoms. The zero-order valence-corrected chi connectivity index (χ0v) is 10.8. The van der Waals surface area contributed by atoms with Gasteiger partial charge in [-0.15, -0.1) is 22.9 Å². The Balaban J connectivity index is 2.02. The van der Waals surface area contributed by atoms with Crippen LogP contribution in [-0.4, -0.2) is 29.3 Å². The van der Waals surface area contributed by atoms with E-state index in [0.29, 0.717) is 11.9 Å². The lowest BCUT2D eigenvalue weighted by Crippen LogP contribution is -2.44. The first-order valence-corrected chi connectivity index (χ1v) is 7.15. The molecule has 1 heterocycles. The number of halogens is 1. The second-order valence-electron chi connectivity index (χ2n) is 4.10. The summed E-state index contributed by atoms with van der Waals surface area (Å²) >= 11 is 7.23. The molecule has 1 fully saturated rings. The minimum atomic E-state index is 0.185. The second-order valence-corrected chi connectivity index (χ2v) is 5.43. The van der Waals surface area contributed by atoms with Gasteiger partial charge in [-0.1, -0.05) is 6.07 Å². The maximum absolute atomic E-state index is 12.2. The number of alkyl halides is 1. The Bertz CT molecular complexity index is 335. The number of amides is 1. The Morgan fingerprint density at radius 3 is 2.88 bits per heavy atom. The van der Waals surface area contributed by atoms with Crippen LogP contribution in [0.3, 0.4) is 0 Å². The van der Waals surface area contributed by atoms with Crippen LogP contribution in [0.5, 0.6) is 0 Å². The van der Waals surface area contributed by atoms with Crippen LogP contribution in [-0.2, 0) is 0 Å². The third-order valence-electron chi connectivity index (χ3n) is 3.04. The number of carbonyl (C=O) groups is 1.